The van der Waals surface area contributed by atoms with Gasteiger partial charge < -0.3 is 24.8 Å². The van der Waals surface area contributed by atoms with Crippen molar-refractivity contribution in [3.63, 3.8) is 0 Å². The minimum atomic E-state index is 0. The molecule has 0 unspecified atom stereocenters. The largest absolute Gasteiger partial charge is 4.00 e. The number of hydrogen-bond acceptors (Lipinski definition) is 0. The fourth-order valence-electron chi connectivity index (χ4n) is 2.14. The monoisotopic (exact) mass is 464 g/mol. The van der Waals surface area contributed by atoms with Crippen LogP contribution in [0.5, 0.6) is 0 Å². The number of hydrogen-bond donors (Lipinski definition) is 0. The van der Waals surface area contributed by atoms with Crippen LogP contribution < -0.4 is 24.8 Å². The third-order valence-electron chi connectivity index (χ3n) is 4.10. The van der Waals surface area contributed by atoms with Gasteiger partial charge in [-0.3, -0.25) is 0 Å². The molecule has 140 valence electrons. The van der Waals surface area contributed by atoms with Gasteiger partial charge in [0.05, 0.1) is 0 Å². The average molecular weight is 465 g/mol. The maximum Gasteiger partial charge on any atom is 4.00 e. The Morgan fingerprint density at radius 3 is 1.19 bits per heavy atom. The fourth-order valence-corrected chi connectivity index (χ4v) is 2.14. The summed E-state index contributed by atoms with van der Waals surface area (Å²) in [4.78, 5) is 0. The van der Waals surface area contributed by atoms with E-state index in [2.05, 4.69) is 111 Å². The molecule has 0 aliphatic rings. The summed E-state index contributed by atoms with van der Waals surface area (Å²) >= 11 is 0. The van der Waals surface area contributed by atoms with Crippen molar-refractivity contribution >= 4 is 38.2 Å². The van der Waals surface area contributed by atoms with Gasteiger partial charge in [0.15, 0.2) is 0 Å². The molecule has 0 heterocycles. The minimum Gasteiger partial charge on any atom is -1.00 e. The first-order valence-electron chi connectivity index (χ1n) is 8.39. The Hall–Kier alpha value is -0.612. The van der Waals surface area contributed by atoms with Crippen molar-refractivity contribution in [3.8, 4) is 0 Å². The molecule has 0 aliphatic heterocycles. The van der Waals surface area contributed by atoms with Crippen LogP contribution in [0.1, 0.15) is 0 Å². The molecule has 4 aromatic rings. The van der Waals surface area contributed by atoms with Gasteiger partial charge in [0, 0.05) is 16.6 Å². The number of fused-ring (bicyclic) bond motifs is 2. The molecule has 2 radical (unpaired) electrons. The molecule has 4 rings (SSSR count). The van der Waals surface area contributed by atoms with Crippen LogP contribution in [0.25, 0.3) is 21.5 Å². The van der Waals surface area contributed by atoms with E-state index in [1.807, 2.05) is 0 Å². The second-order valence-electron chi connectivity index (χ2n) is 6.31. The third kappa shape index (κ3) is 9.93. The van der Waals surface area contributed by atoms with E-state index >= 15 is 0 Å². The van der Waals surface area contributed by atoms with Gasteiger partial charge in [-0.1, -0.05) is 38.3 Å². The molecule has 0 nitrogen and oxygen atoms in total. The van der Waals surface area contributed by atoms with Crippen molar-refractivity contribution in [2.75, 3.05) is 0 Å². The van der Waals surface area contributed by atoms with Crippen LogP contribution in [0.4, 0.5) is 0 Å². The summed E-state index contributed by atoms with van der Waals surface area (Å²) in [5, 5.41) is 5.32. The smallest absolute Gasteiger partial charge is 1.00 e. The maximum absolute atomic E-state index is 2.39. The normalized spacial score (nSPS) is 9.26. The predicted molar refractivity (Wildman–Crippen MR) is 114 cm³/mol. The van der Waals surface area contributed by atoms with Crippen molar-refractivity contribution < 1.29 is 46.5 Å². The predicted octanol–water partition coefficient (Wildman–Crippen LogP) is 0.697. The standard InChI is InChI=1S/2C9H7.C4H12Si2.2ClH.Ti/c2*1-2-5-9-7-3-6-8(9)4-1;1-5(2)6(3)4;;;/h2*1-7H;1-4H3;2*1H;/q2*-1;;;;+4/p-2. The van der Waals surface area contributed by atoms with Gasteiger partial charge in [-0.05, 0) is 0 Å². The Morgan fingerprint density at radius 2 is 0.889 bits per heavy atom. The van der Waals surface area contributed by atoms with Crippen LogP contribution in [-0.2, 0) is 21.7 Å². The molecule has 0 aliphatic carbocycles. The van der Waals surface area contributed by atoms with Gasteiger partial charge >= 0.3 is 21.7 Å². The molecule has 0 N–H and O–H groups in total. The van der Waals surface area contributed by atoms with Crippen molar-refractivity contribution in [1.82, 2.24) is 0 Å². The molecular weight excluding hydrogens is 439 g/mol. The fraction of sp³-hybridized carbons (Fsp3) is 0.182. The SMILES string of the molecule is C[Si](C)[Si](C)C.[Cl-].[Cl-].[Ti+4].c1ccc2[cH-]ccc2c1.c1ccc2[cH-]ccc2c1. The van der Waals surface area contributed by atoms with E-state index in [-0.39, 0.29) is 63.2 Å². The van der Waals surface area contributed by atoms with Crippen LogP contribution in [0, 0.1) is 0 Å². The number of benzene rings is 2. The van der Waals surface area contributed by atoms with Crippen LogP contribution in [0.3, 0.4) is 0 Å². The molecule has 0 spiro atoms. The molecule has 0 fully saturated rings. The molecule has 0 bridgehead atoms. The molecule has 0 amide bonds. The van der Waals surface area contributed by atoms with Crippen LogP contribution in [0.2, 0.25) is 26.2 Å². The van der Waals surface area contributed by atoms with Gasteiger partial charge in [0.25, 0.3) is 0 Å². The Balaban J connectivity index is 0. The molecule has 0 aromatic heterocycles. The summed E-state index contributed by atoms with van der Waals surface area (Å²) in [6.45, 7) is 9.55. The summed E-state index contributed by atoms with van der Waals surface area (Å²) in [7, 11) is 0.300. The van der Waals surface area contributed by atoms with E-state index in [4.69, 9.17) is 0 Å². The van der Waals surface area contributed by atoms with Crippen molar-refractivity contribution in [2.24, 2.45) is 0 Å². The second kappa shape index (κ2) is 15.3. The first-order valence-corrected chi connectivity index (χ1v) is 14.4. The summed E-state index contributed by atoms with van der Waals surface area (Å²) in [5.41, 5.74) is 0. The van der Waals surface area contributed by atoms with Crippen LogP contribution >= 0.6 is 0 Å². The van der Waals surface area contributed by atoms with E-state index < -0.39 is 0 Å². The van der Waals surface area contributed by atoms with E-state index in [1.54, 1.807) is 0 Å². The summed E-state index contributed by atoms with van der Waals surface area (Å²) in [6, 6.07) is 29.3. The van der Waals surface area contributed by atoms with Crippen LogP contribution in [0.15, 0.2) is 84.9 Å². The Bertz CT molecular complexity index is 721. The number of rotatable bonds is 1. The topological polar surface area (TPSA) is 0 Å². The zero-order chi connectivity index (χ0) is 17.4. The van der Waals surface area contributed by atoms with E-state index in [0.717, 1.165) is 0 Å². The summed E-state index contributed by atoms with van der Waals surface area (Å²) in [5.74, 6) is 0. The molecular formula is C22H26Cl2Si2Ti. The number of halogens is 2. The zero-order valence-corrected chi connectivity index (χ0v) is 21.4. The quantitative estimate of drug-likeness (QED) is 0.287. The van der Waals surface area contributed by atoms with E-state index in [0.29, 0.717) is 0 Å². The summed E-state index contributed by atoms with van der Waals surface area (Å²) < 4.78 is 0. The molecule has 27 heavy (non-hydrogen) atoms. The second-order valence-corrected chi connectivity index (χ2v) is 16.3. The third-order valence-corrected chi connectivity index (χ3v) is 12.1. The molecule has 0 saturated heterocycles. The molecule has 0 atom stereocenters. The van der Waals surface area contributed by atoms with Gasteiger partial charge in [0.2, 0.25) is 0 Å². The van der Waals surface area contributed by atoms with Crippen LogP contribution in [-0.4, -0.2) is 16.6 Å². The Labute approximate surface area is 194 Å². The van der Waals surface area contributed by atoms with Crippen molar-refractivity contribution in [2.45, 2.75) is 26.2 Å². The Kier molecular flexibility index (Phi) is 16.2. The van der Waals surface area contributed by atoms with Gasteiger partial charge in [-0.2, -0.15) is 35.0 Å². The van der Waals surface area contributed by atoms with E-state index in [1.165, 1.54) is 21.5 Å². The maximum atomic E-state index is 2.39. The van der Waals surface area contributed by atoms with Crippen molar-refractivity contribution in [3.05, 3.63) is 84.9 Å². The molecule has 5 heteroatoms. The van der Waals surface area contributed by atoms with Crippen molar-refractivity contribution in [1.29, 1.82) is 0 Å². The van der Waals surface area contributed by atoms with Gasteiger partial charge in [-0.25, -0.2) is 0 Å². The van der Waals surface area contributed by atoms with E-state index in [9.17, 15) is 0 Å². The first kappa shape index (κ1) is 28.6. The van der Waals surface area contributed by atoms with Gasteiger partial charge in [0.1, 0.15) is 0 Å². The zero-order valence-electron chi connectivity index (χ0n) is 16.3. The molecule has 4 aromatic carbocycles. The Morgan fingerprint density at radius 1 is 0.556 bits per heavy atom. The summed E-state index contributed by atoms with van der Waals surface area (Å²) in [6.07, 6.45) is 0. The van der Waals surface area contributed by atoms with Gasteiger partial charge in [-0.15, -0.1) is 59.3 Å². The molecule has 0 saturated carbocycles. The first-order chi connectivity index (χ1) is 11.6. The minimum absolute atomic E-state index is 0. The average Bonchev–Trinajstić information content (AvgIpc) is 3.24.